The molecule has 1 fully saturated rings. The average molecular weight is 432 g/mol. The summed E-state index contributed by atoms with van der Waals surface area (Å²) in [5, 5.41) is 3.07. The maximum absolute atomic E-state index is 13.0. The van der Waals surface area contributed by atoms with Gasteiger partial charge in [0.25, 0.3) is 5.91 Å². The number of carbonyl (C=O) groups excluding carboxylic acids is 1. The largest absolute Gasteiger partial charge is 0.354 e. The SMILES string of the molecule is Cc1cc(C(=O)NCc2ccc(N3CCN(C)CC3)nc2)c(C)n1C(C)c1ccccc1. The second-order valence-corrected chi connectivity index (χ2v) is 8.74. The number of nitrogens with zero attached hydrogens (tertiary/aromatic N) is 4. The molecule has 3 heterocycles. The minimum Gasteiger partial charge on any atom is -0.354 e. The van der Waals surface area contributed by atoms with Crippen molar-refractivity contribution in [2.24, 2.45) is 0 Å². The highest BCUT2D eigenvalue weighted by Crippen LogP contribution is 2.25. The van der Waals surface area contributed by atoms with Gasteiger partial charge in [0.1, 0.15) is 5.82 Å². The Morgan fingerprint density at radius 3 is 2.44 bits per heavy atom. The van der Waals surface area contributed by atoms with Gasteiger partial charge in [-0.15, -0.1) is 0 Å². The predicted molar refractivity (Wildman–Crippen MR) is 129 cm³/mol. The molecule has 2 aromatic heterocycles. The molecule has 1 atom stereocenters. The lowest BCUT2D eigenvalue weighted by atomic mass is 10.1. The van der Waals surface area contributed by atoms with Crippen molar-refractivity contribution in [3.8, 4) is 0 Å². The number of pyridine rings is 1. The fourth-order valence-electron chi connectivity index (χ4n) is 4.51. The molecule has 6 nitrogen and oxygen atoms in total. The summed E-state index contributed by atoms with van der Waals surface area (Å²) in [7, 11) is 2.15. The quantitative estimate of drug-likeness (QED) is 0.645. The van der Waals surface area contributed by atoms with Crippen LogP contribution in [0.1, 0.15) is 45.8 Å². The average Bonchev–Trinajstić information content (AvgIpc) is 3.12. The van der Waals surface area contributed by atoms with Crippen LogP contribution in [0.15, 0.2) is 54.7 Å². The van der Waals surface area contributed by atoms with Gasteiger partial charge in [-0.25, -0.2) is 4.98 Å². The maximum atomic E-state index is 13.0. The highest BCUT2D eigenvalue weighted by Gasteiger charge is 2.20. The molecule has 1 unspecified atom stereocenters. The molecule has 168 valence electrons. The lowest BCUT2D eigenvalue weighted by molar-refractivity contribution is 0.0950. The standard InChI is InChI=1S/C26H33N5O/c1-19-16-24(21(3)31(19)20(2)23-8-6-5-7-9-23)26(32)28-18-22-10-11-25(27-17-22)30-14-12-29(4)13-15-30/h5-11,16-17,20H,12-15,18H2,1-4H3,(H,28,32). The van der Waals surface area contributed by atoms with E-state index in [9.17, 15) is 4.79 Å². The molecule has 1 saturated heterocycles. The first-order valence-electron chi connectivity index (χ1n) is 11.3. The minimum absolute atomic E-state index is 0.0484. The Labute approximate surface area is 190 Å². The van der Waals surface area contributed by atoms with Crippen LogP contribution < -0.4 is 10.2 Å². The Balaban J connectivity index is 1.40. The Bertz CT molecular complexity index is 1050. The van der Waals surface area contributed by atoms with E-state index in [0.717, 1.165) is 54.5 Å². The molecule has 0 radical (unpaired) electrons. The first-order valence-corrected chi connectivity index (χ1v) is 11.3. The third kappa shape index (κ3) is 4.70. The number of nitrogens with one attached hydrogen (secondary N) is 1. The van der Waals surface area contributed by atoms with Gasteiger partial charge >= 0.3 is 0 Å². The Kier molecular flexibility index (Phi) is 6.61. The summed E-state index contributed by atoms with van der Waals surface area (Å²) in [6.45, 7) is 10.8. The summed E-state index contributed by atoms with van der Waals surface area (Å²) in [5.74, 6) is 0.958. The number of aromatic nitrogens is 2. The van der Waals surface area contributed by atoms with Crippen molar-refractivity contribution in [2.45, 2.75) is 33.4 Å². The molecule has 6 heteroatoms. The third-order valence-corrected chi connectivity index (χ3v) is 6.49. The van der Waals surface area contributed by atoms with Gasteiger partial charge in [-0.3, -0.25) is 4.79 Å². The van der Waals surface area contributed by atoms with Gasteiger partial charge in [0, 0.05) is 50.3 Å². The van der Waals surface area contributed by atoms with Crippen LogP contribution in [-0.2, 0) is 6.54 Å². The molecule has 4 rings (SSSR count). The first-order chi connectivity index (χ1) is 15.4. The molecule has 0 spiro atoms. The molecule has 0 saturated carbocycles. The molecular weight excluding hydrogens is 398 g/mol. The number of rotatable bonds is 6. The van der Waals surface area contributed by atoms with Gasteiger partial charge in [0.05, 0.1) is 11.6 Å². The summed E-state index contributed by atoms with van der Waals surface area (Å²) in [6.07, 6.45) is 1.87. The van der Waals surface area contributed by atoms with Crippen molar-refractivity contribution >= 4 is 11.7 Å². The van der Waals surface area contributed by atoms with E-state index in [1.54, 1.807) is 0 Å². The van der Waals surface area contributed by atoms with Gasteiger partial charge in [0.15, 0.2) is 0 Å². The zero-order valence-electron chi connectivity index (χ0n) is 19.5. The van der Waals surface area contributed by atoms with Gasteiger partial charge in [-0.2, -0.15) is 0 Å². The summed E-state index contributed by atoms with van der Waals surface area (Å²) in [4.78, 5) is 22.2. The van der Waals surface area contributed by atoms with Crippen molar-refractivity contribution in [3.05, 3.63) is 82.8 Å². The van der Waals surface area contributed by atoms with Crippen LogP contribution in [0.4, 0.5) is 5.82 Å². The second-order valence-electron chi connectivity index (χ2n) is 8.74. The molecule has 1 amide bonds. The van der Waals surface area contributed by atoms with Crippen LogP contribution in [0.3, 0.4) is 0 Å². The monoisotopic (exact) mass is 431 g/mol. The fourth-order valence-corrected chi connectivity index (χ4v) is 4.51. The van der Waals surface area contributed by atoms with Gasteiger partial charge < -0.3 is 19.7 Å². The molecule has 0 bridgehead atoms. The van der Waals surface area contributed by atoms with E-state index in [4.69, 9.17) is 0 Å². The van der Waals surface area contributed by atoms with Crippen LogP contribution in [0.2, 0.25) is 0 Å². The first kappa shape index (κ1) is 22.1. The number of amides is 1. The van der Waals surface area contributed by atoms with Crippen molar-refractivity contribution in [1.29, 1.82) is 0 Å². The highest BCUT2D eigenvalue weighted by molar-refractivity contribution is 5.95. The highest BCUT2D eigenvalue weighted by atomic mass is 16.1. The van der Waals surface area contributed by atoms with Crippen molar-refractivity contribution in [2.75, 3.05) is 38.1 Å². The molecular formula is C26H33N5O. The second kappa shape index (κ2) is 9.57. The molecule has 3 aromatic rings. The predicted octanol–water partition coefficient (Wildman–Crippen LogP) is 3.79. The van der Waals surface area contributed by atoms with Crippen molar-refractivity contribution in [3.63, 3.8) is 0 Å². The molecule has 1 N–H and O–H groups in total. The van der Waals surface area contributed by atoms with Crippen LogP contribution in [0.25, 0.3) is 0 Å². The number of hydrogen-bond donors (Lipinski definition) is 1. The summed E-state index contributed by atoms with van der Waals surface area (Å²) in [6, 6.07) is 16.7. The van der Waals surface area contributed by atoms with E-state index in [0.29, 0.717) is 6.54 Å². The Morgan fingerprint density at radius 1 is 1.06 bits per heavy atom. The van der Waals surface area contributed by atoms with Gasteiger partial charge in [-0.05, 0) is 51.1 Å². The van der Waals surface area contributed by atoms with Crippen LogP contribution >= 0.6 is 0 Å². The van der Waals surface area contributed by atoms with Gasteiger partial charge in [0.2, 0.25) is 0 Å². The third-order valence-electron chi connectivity index (χ3n) is 6.49. The number of carbonyl (C=O) groups is 1. The number of benzene rings is 1. The fraction of sp³-hybridized carbons (Fsp3) is 0.385. The zero-order valence-corrected chi connectivity index (χ0v) is 19.5. The van der Waals surface area contributed by atoms with Gasteiger partial charge in [-0.1, -0.05) is 36.4 Å². The van der Waals surface area contributed by atoms with Crippen molar-refractivity contribution < 1.29 is 4.79 Å². The van der Waals surface area contributed by atoms with Crippen LogP contribution in [0.5, 0.6) is 0 Å². The minimum atomic E-state index is -0.0484. The van der Waals surface area contributed by atoms with E-state index in [-0.39, 0.29) is 11.9 Å². The van der Waals surface area contributed by atoms with Crippen LogP contribution in [-0.4, -0.2) is 53.6 Å². The summed E-state index contributed by atoms with van der Waals surface area (Å²) in [5.41, 5.74) is 5.03. The number of hydrogen-bond acceptors (Lipinski definition) is 4. The number of anilines is 1. The van der Waals surface area contributed by atoms with Crippen LogP contribution in [0, 0.1) is 13.8 Å². The normalized spacial score (nSPS) is 15.6. The summed E-state index contributed by atoms with van der Waals surface area (Å²) >= 11 is 0. The molecule has 1 aliphatic heterocycles. The maximum Gasteiger partial charge on any atom is 0.253 e. The van der Waals surface area contributed by atoms with E-state index in [1.165, 1.54) is 5.56 Å². The van der Waals surface area contributed by atoms with E-state index < -0.39 is 0 Å². The number of piperazine rings is 1. The Hall–Kier alpha value is -3.12. The smallest absolute Gasteiger partial charge is 0.253 e. The van der Waals surface area contributed by atoms with E-state index >= 15 is 0 Å². The number of aryl methyl sites for hydroxylation is 1. The van der Waals surface area contributed by atoms with Crippen molar-refractivity contribution in [1.82, 2.24) is 19.8 Å². The topological polar surface area (TPSA) is 53.4 Å². The lowest BCUT2D eigenvalue weighted by Crippen LogP contribution is -2.44. The Morgan fingerprint density at radius 2 is 1.78 bits per heavy atom. The number of likely N-dealkylation sites (N-methyl/N-ethyl adjacent to an activating group) is 1. The molecule has 1 aromatic carbocycles. The molecule has 1 aliphatic rings. The lowest BCUT2D eigenvalue weighted by Gasteiger charge is -2.33. The molecule has 0 aliphatic carbocycles. The summed E-state index contributed by atoms with van der Waals surface area (Å²) < 4.78 is 2.23. The zero-order chi connectivity index (χ0) is 22.7. The van der Waals surface area contributed by atoms with E-state index in [1.807, 2.05) is 25.3 Å². The van der Waals surface area contributed by atoms with E-state index in [2.05, 4.69) is 82.0 Å². The molecule has 32 heavy (non-hydrogen) atoms.